The smallest absolute Gasteiger partial charge is 0.406 e. The second-order valence-corrected chi connectivity index (χ2v) is 5.61. The second-order valence-electron chi connectivity index (χ2n) is 5.61. The van der Waals surface area contributed by atoms with Gasteiger partial charge in [0.25, 0.3) is 0 Å². The quantitative estimate of drug-likeness (QED) is 0.827. The molecule has 1 aromatic heterocycles. The average molecular weight is 283 g/mol. The fourth-order valence-corrected chi connectivity index (χ4v) is 3.15. The van der Waals surface area contributed by atoms with E-state index in [1.807, 2.05) is 6.20 Å². The maximum Gasteiger partial charge on any atom is 0.573 e. The van der Waals surface area contributed by atoms with E-state index in [9.17, 15) is 13.2 Å². The third-order valence-corrected chi connectivity index (χ3v) is 4.05. The summed E-state index contributed by atoms with van der Waals surface area (Å²) >= 11 is 0. The summed E-state index contributed by atoms with van der Waals surface area (Å²) in [6.45, 7) is 2.22. The van der Waals surface area contributed by atoms with E-state index in [0.717, 1.165) is 29.3 Å². The highest BCUT2D eigenvalue weighted by atomic mass is 19.4. The molecule has 2 aromatic rings. The zero-order chi connectivity index (χ0) is 14.3. The molecule has 0 saturated heterocycles. The molecule has 0 radical (unpaired) electrons. The number of hydrogen-bond acceptors (Lipinski definition) is 1. The van der Waals surface area contributed by atoms with E-state index in [-0.39, 0.29) is 5.75 Å². The van der Waals surface area contributed by atoms with Crippen molar-refractivity contribution in [3.8, 4) is 5.75 Å². The summed E-state index contributed by atoms with van der Waals surface area (Å²) in [6, 6.07) is 4.46. The van der Waals surface area contributed by atoms with Crippen molar-refractivity contribution in [2.75, 3.05) is 0 Å². The number of benzene rings is 1. The highest BCUT2D eigenvalue weighted by molar-refractivity contribution is 5.85. The number of fused-ring (bicyclic) bond motifs is 1. The van der Waals surface area contributed by atoms with E-state index in [1.165, 1.54) is 18.6 Å². The molecule has 0 aliphatic heterocycles. The Bertz CT molecular complexity index is 617. The highest BCUT2D eigenvalue weighted by Gasteiger charge is 2.31. The Kier molecular flexibility index (Phi) is 3.15. The van der Waals surface area contributed by atoms with Crippen molar-refractivity contribution in [1.82, 2.24) is 4.98 Å². The van der Waals surface area contributed by atoms with Crippen LogP contribution in [0.4, 0.5) is 13.2 Å². The number of aromatic amines is 1. The minimum absolute atomic E-state index is 0.156. The summed E-state index contributed by atoms with van der Waals surface area (Å²) in [5, 5.41) is 0.839. The minimum atomic E-state index is -4.65. The van der Waals surface area contributed by atoms with Crippen LogP contribution in [0.15, 0.2) is 24.4 Å². The highest BCUT2D eigenvalue weighted by Crippen LogP contribution is 2.41. The monoisotopic (exact) mass is 283 g/mol. The second kappa shape index (κ2) is 4.72. The summed E-state index contributed by atoms with van der Waals surface area (Å²) in [5.74, 6) is 0.955. The molecule has 1 aliphatic carbocycles. The van der Waals surface area contributed by atoms with Crippen molar-refractivity contribution >= 4 is 10.9 Å². The first kappa shape index (κ1) is 13.3. The number of alkyl halides is 3. The van der Waals surface area contributed by atoms with E-state index >= 15 is 0 Å². The van der Waals surface area contributed by atoms with Gasteiger partial charge in [-0.05, 0) is 48.4 Å². The third-order valence-electron chi connectivity index (χ3n) is 4.05. The first-order valence-corrected chi connectivity index (χ1v) is 6.79. The van der Waals surface area contributed by atoms with Crippen molar-refractivity contribution < 1.29 is 17.9 Å². The predicted octanol–water partition coefficient (Wildman–Crippen LogP) is 4.97. The maximum absolute atomic E-state index is 12.3. The van der Waals surface area contributed by atoms with Crippen molar-refractivity contribution in [1.29, 1.82) is 0 Å². The Hall–Kier alpha value is -1.65. The lowest BCUT2D eigenvalue weighted by Gasteiger charge is -2.11. The number of aromatic nitrogens is 1. The maximum atomic E-state index is 12.3. The number of halogens is 3. The minimum Gasteiger partial charge on any atom is -0.406 e. The van der Waals surface area contributed by atoms with Gasteiger partial charge >= 0.3 is 6.36 Å². The molecule has 1 aromatic carbocycles. The van der Waals surface area contributed by atoms with E-state index in [0.29, 0.717) is 11.8 Å². The summed E-state index contributed by atoms with van der Waals surface area (Å²) in [7, 11) is 0. The number of H-pyrrole nitrogens is 1. The van der Waals surface area contributed by atoms with Gasteiger partial charge in [0, 0.05) is 17.1 Å². The van der Waals surface area contributed by atoms with Crippen LogP contribution in [0.3, 0.4) is 0 Å². The zero-order valence-corrected chi connectivity index (χ0v) is 11.1. The van der Waals surface area contributed by atoms with Crippen LogP contribution in [-0.2, 0) is 0 Å². The van der Waals surface area contributed by atoms with Crippen molar-refractivity contribution in [2.45, 2.75) is 38.5 Å². The Morgan fingerprint density at radius 2 is 2.05 bits per heavy atom. The van der Waals surface area contributed by atoms with Crippen LogP contribution in [-0.4, -0.2) is 11.3 Å². The molecule has 1 fully saturated rings. The Morgan fingerprint density at radius 1 is 1.25 bits per heavy atom. The summed E-state index contributed by atoms with van der Waals surface area (Å²) < 4.78 is 40.9. The molecule has 2 nitrogen and oxygen atoms in total. The Balaban J connectivity index is 1.95. The molecule has 5 heteroatoms. The molecule has 1 saturated carbocycles. The molecule has 1 heterocycles. The molecule has 2 unspecified atom stereocenters. The van der Waals surface area contributed by atoms with Crippen LogP contribution in [0.2, 0.25) is 0 Å². The van der Waals surface area contributed by atoms with Crippen LogP contribution in [0.25, 0.3) is 10.9 Å². The van der Waals surface area contributed by atoms with Gasteiger partial charge in [0.15, 0.2) is 0 Å². The lowest BCUT2D eigenvalue weighted by atomic mass is 9.96. The first-order valence-electron chi connectivity index (χ1n) is 6.79. The van der Waals surface area contributed by atoms with E-state index in [2.05, 4.69) is 16.6 Å². The van der Waals surface area contributed by atoms with Crippen molar-refractivity contribution in [2.24, 2.45) is 5.92 Å². The molecular weight excluding hydrogens is 267 g/mol. The van der Waals surface area contributed by atoms with Gasteiger partial charge in [0.1, 0.15) is 5.75 Å². The zero-order valence-electron chi connectivity index (χ0n) is 11.1. The molecule has 0 bridgehead atoms. The summed E-state index contributed by atoms with van der Waals surface area (Å²) in [6.07, 6.45) is 0.641. The number of ether oxygens (including phenoxy) is 1. The topological polar surface area (TPSA) is 25.0 Å². The average Bonchev–Trinajstić information content (AvgIpc) is 2.92. The molecular formula is C15H16F3NO. The van der Waals surface area contributed by atoms with Gasteiger partial charge < -0.3 is 9.72 Å². The van der Waals surface area contributed by atoms with E-state index < -0.39 is 6.36 Å². The molecule has 2 atom stereocenters. The van der Waals surface area contributed by atoms with Crippen LogP contribution in [0.1, 0.15) is 37.7 Å². The van der Waals surface area contributed by atoms with Gasteiger partial charge in [0.05, 0.1) is 0 Å². The van der Waals surface area contributed by atoms with Gasteiger partial charge in [-0.15, -0.1) is 13.2 Å². The van der Waals surface area contributed by atoms with Gasteiger partial charge in [-0.3, -0.25) is 0 Å². The van der Waals surface area contributed by atoms with Gasteiger partial charge in [-0.2, -0.15) is 0 Å². The van der Waals surface area contributed by atoms with E-state index in [4.69, 9.17) is 0 Å². The molecule has 20 heavy (non-hydrogen) atoms. The van der Waals surface area contributed by atoms with Crippen molar-refractivity contribution in [3.63, 3.8) is 0 Å². The van der Waals surface area contributed by atoms with Gasteiger partial charge in [0.2, 0.25) is 0 Å². The van der Waals surface area contributed by atoms with Crippen LogP contribution in [0, 0.1) is 5.92 Å². The largest absolute Gasteiger partial charge is 0.573 e. The SMILES string of the molecule is CC1CCC(c2c[nH]c3ccc(OC(F)(F)F)cc23)C1. The van der Waals surface area contributed by atoms with Crippen LogP contribution < -0.4 is 4.74 Å². The fraction of sp³-hybridized carbons (Fsp3) is 0.467. The predicted molar refractivity (Wildman–Crippen MR) is 70.7 cm³/mol. The number of rotatable bonds is 2. The van der Waals surface area contributed by atoms with E-state index in [1.54, 1.807) is 6.07 Å². The van der Waals surface area contributed by atoms with Gasteiger partial charge in [-0.25, -0.2) is 0 Å². The standard InChI is InChI=1S/C15H16F3NO/c1-9-2-3-10(6-9)13-8-19-14-5-4-11(7-12(13)14)20-15(16,17)18/h4-5,7-10,19H,2-3,6H2,1H3. The lowest BCUT2D eigenvalue weighted by molar-refractivity contribution is -0.274. The molecule has 1 N–H and O–H groups in total. The molecule has 0 spiro atoms. The van der Waals surface area contributed by atoms with Crippen molar-refractivity contribution in [3.05, 3.63) is 30.0 Å². The molecule has 108 valence electrons. The summed E-state index contributed by atoms with van der Waals surface area (Å²) in [5.41, 5.74) is 1.96. The molecule has 0 amide bonds. The molecule has 3 rings (SSSR count). The summed E-state index contributed by atoms with van der Waals surface area (Å²) in [4.78, 5) is 3.13. The Labute approximate surface area is 114 Å². The van der Waals surface area contributed by atoms with Gasteiger partial charge in [-0.1, -0.05) is 13.3 Å². The molecule has 1 aliphatic rings. The fourth-order valence-electron chi connectivity index (χ4n) is 3.15. The third kappa shape index (κ3) is 2.62. The Morgan fingerprint density at radius 3 is 2.70 bits per heavy atom. The number of nitrogens with one attached hydrogen (secondary N) is 1. The lowest BCUT2D eigenvalue weighted by Crippen LogP contribution is -2.17. The first-order chi connectivity index (χ1) is 9.42. The normalized spacial score (nSPS) is 23.4. The van der Waals surface area contributed by atoms with Crippen LogP contribution >= 0.6 is 0 Å². The number of hydrogen-bond donors (Lipinski definition) is 1. The van der Waals surface area contributed by atoms with Crippen LogP contribution in [0.5, 0.6) is 5.75 Å².